The molecule has 0 saturated heterocycles. The highest BCUT2D eigenvalue weighted by atomic mass is 32.2. The van der Waals surface area contributed by atoms with E-state index in [9.17, 15) is 4.79 Å². The molecular weight excluding hydrogens is 200 g/mol. The van der Waals surface area contributed by atoms with E-state index in [1.54, 1.807) is 17.8 Å². The van der Waals surface area contributed by atoms with Crippen LogP contribution >= 0.6 is 11.8 Å². The molecule has 1 fully saturated rings. The molecule has 1 aromatic heterocycles. The van der Waals surface area contributed by atoms with Crippen molar-refractivity contribution in [2.75, 3.05) is 12.9 Å². The monoisotopic (exact) mass is 212 g/mol. The number of thioether (sulfide) groups is 1. The van der Waals surface area contributed by atoms with Gasteiger partial charge < -0.3 is 9.15 Å². The highest BCUT2D eigenvalue weighted by Crippen LogP contribution is 2.35. The molecule has 4 heteroatoms. The standard InChI is InChI=1S/C10H12O3S/c1-12-10(11)8-4-5-9(13-8)14-6-7-2-3-7/h4-5,7H,2-3,6H2,1H3. The first-order valence-electron chi connectivity index (χ1n) is 4.60. The molecule has 0 radical (unpaired) electrons. The van der Waals surface area contributed by atoms with Gasteiger partial charge in [0.15, 0.2) is 5.09 Å². The summed E-state index contributed by atoms with van der Waals surface area (Å²) in [4.78, 5) is 11.1. The number of hydrogen-bond donors (Lipinski definition) is 0. The molecule has 1 aliphatic rings. The van der Waals surface area contributed by atoms with Gasteiger partial charge in [0.2, 0.25) is 5.76 Å². The third-order valence-corrected chi connectivity index (χ3v) is 3.27. The molecule has 0 aliphatic heterocycles. The first-order valence-corrected chi connectivity index (χ1v) is 5.59. The molecule has 0 atom stereocenters. The Morgan fingerprint density at radius 2 is 2.43 bits per heavy atom. The minimum Gasteiger partial charge on any atom is -0.463 e. The van der Waals surface area contributed by atoms with Crippen molar-refractivity contribution < 1.29 is 13.9 Å². The van der Waals surface area contributed by atoms with Gasteiger partial charge in [0, 0.05) is 5.75 Å². The van der Waals surface area contributed by atoms with Crippen LogP contribution in [0.3, 0.4) is 0 Å². The van der Waals surface area contributed by atoms with Crippen molar-refractivity contribution in [1.29, 1.82) is 0 Å². The van der Waals surface area contributed by atoms with Crippen LogP contribution in [0.15, 0.2) is 21.6 Å². The Balaban J connectivity index is 1.91. The van der Waals surface area contributed by atoms with Crippen molar-refractivity contribution in [1.82, 2.24) is 0 Å². The SMILES string of the molecule is COC(=O)c1ccc(SCC2CC2)o1. The van der Waals surface area contributed by atoms with Crippen LogP contribution in [-0.2, 0) is 4.74 Å². The molecule has 3 nitrogen and oxygen atoms in total. The van der Waals surface area contributed by atoms with E-state index in [-0.39, 0.29) is 5.76 Å². The molecule has 0 N–H and O–H groups in total. The minimum atomic E-state index is -0.414. The largest absolute Gasteiger partial charge is 0.463 e. The van der Waals surface area contributed by atoms with Crippen LogP contribution in [0.1, 0.15) is 23.4 Å². The van der Waals surface area contributed by atoms with Gasteiger partial charge in [-0.25, -0.2) is 4.79 Å². The zero-order valence-corrected chi connectivity index (χ0v) is 8.80. The minimum absolute atomic E-state index is 0.283. The molecule has 1 saturated carbocycles. The van der Waals surface area contributed by atoms with Gasteiger partial charge in [0.05, 0.1) is 7.11 Å². The van der Waals surface area contributed by atoms with Gasteiger partial charge in [-0.2, -0.15) is 0 Å². The quantitative estimate of drug-likeness (QED) is 0.568. The smallest absolute Gasteiger partial charge is 0.373 e. The summed E-state index contributed by atoms with van der Waals surface area (Å²) in [7, 11) is 1.35. The molecule has 1 aromatic rings. The van der Waals surface area contributed by atoms with Gasteiger partial charge >= 0.3 is 5.97 Å². The predicted octanol–water partition coefficient (Wildman–Crippen LogP) is 2.57. The summed E-state index contributed by atoms with van der Waals surface area (Å²) in [6.07, 6.45) is 2.66. The van der Waals surface area contributed by atoms with Crippen LogP contribution in [0.5, 0.6) is 0 Å². The summed E-state index contributed by atoms with van der Waals surface area (Å²) in [6.45, 7) is 0. The van der Waals surface area contributed by atoms with E-state index in [2.05, 4.69) is 4.74 Å². The van der Waals surface area contributed by atoms with Gasteiger partial charge in [0.1, 0.15) is 0 Å². The zero-order chi connectivity index (χ0) is 9.97. The summed E-state index contributed by atoms with van der Waals surface area (Å²) in [5.74, 6) is 1.81. The maximum Gasteiger partial charge on any atom is 0.373 e. The van der Waals surface area contributed by atoms with Crippen molar-refractivity contribution in [2.45, 2.75) is 17.9 Å². The Hall–Kier alpha value is -0.900. The van der Waals surface area contributed by atoms with Gasteiger partial charge in [0.25, 0.3) is 0 Å². The van der Waals surface area contributed by atoms with Gasteiger partial charge in [-0.15, -0.1) is 0 Å². The van der Waals surface area contributed by atoms with Crippen LogP contribution in [0, 0.1) is 5.92 Å². The third kappa shape index (κ3) is 2.32. The van der Waals surface area contributed by atoms with Crippen LogP contribution < -0.4 is 0 Å². The maximum absolute atomic E-state index is 11.1. The van der Waals surface area contributed by atoms with E-state index in [1.807, 2.05) is 6.07 Å². The van der Waals surface area contributed by atoms with E-state index in [0.717, 1.165) is 16.8 Å². The van der Waals surface area contributed by atoms with Crippen molar-refractivity contribution >= 4 is 17.7 Å². The first-order chi connectivity index (χ1) is 6.79. The summed E-state index contributed by atoms with van der Waals surface area (Å²) in [5, 5.41) is 0.803. The number of esters is 1. The number of methoxy groups -OCH3 is 1. The Morgan fingerprint density at radius 3 is 3.07 bits per heavy atom. The summed E-state index contributed by atoms with van der Waals surface area (Å²) < 4.78 is 9.85. The van der Waals surface area contributed by atoms with Crippen LogP contribution in [-0.4, -0.2) is 18.8 Å². The van der Waals surface area contributed by atoms with Crippen molar-refractivity contribution in [3.8, 4) is 0 Å². The lowest BCUT2D eigenvalue weighted by atomic mass is 10.5. The second kappa shape index (κ2) is 4.09. The number of hydrogen-bond acceptors (Lipinski definition) is 4. The number of ether oxygens (including phenoxy) is 1. The molecule has 0 spiro atoms. The highest BCUT2D eigenvalue weighted by molar-refractivity contribution is 7.99. The Morgan fingerprint density at radius 1 is 1.64 bits per heavy atom. The normalized spacial score (nSPS) is 15.5. The molecular formula is C10H12O3S. The van der Waals surface area contributed by atoms with E-state index in [4.69, 9.17) is 4.42 Å². The fraction of sp³-hybridized carbons (Fsp3) is 0.500. The molecule has 1 aliphatic carbocycles. The maximum atomic E-state index is 11.1. The number of furan rings is 1. The molecule has 76 valence electrons. The molecule has 2 rings (SSSR count). The molecule has 14 heavy (non-hydrogen) atoms. The fourth-order valence-electron chi connectivity index (χ4n) is 1.09. The molecule has 0 aromatic carbocycles. The van der Waals surface area contributed by atoms with Crippen LogP contribution in [0.2, 0.25) is 0 Å². The second-order valence-electron chi connectivity index (χ2n) is 3.36. The molecule has 0 unspecified atom stereocenters. The average Bonchev–Trinajstić information content (AvgIpc) is 2.92. The average molecular weight is 212 g/mol. The van der Waals surface area contributed by atoms with Crippen molar-refractivity contribution in [2.24, 2.45) is 5.92 Å². The number of rotatable bonds is 4. The number of carbonyl (C=O) groups excluding carboxylic acids is 1. The Labute approximate surface area is 86.8 Å². The van der Waals surface area contributed by atoms with E-state index < -0.39 is 5.97 Å². The highest BCUT2D eigenvalue weighted by Gasteiger charge is 2.22. The van der Waals surface area contributed by atoms with Crippen molar-refractivity contribution in [3.05, 3.63) is 17.9 Å². The van der Waals surface area contributed by atoms with Crippen molar-refractivity contribution in [3.63, 3.8) is 0 Å². The van der Waals surface area contributed by atoms with E-state index >= 15 is 0 Å². The summed E-state index contributed by atoms with van der Waals surface area (Å²) in [6, 6.07) is 3.47. The van der Waals surface area contributed by atoms with E-state index in [0.29, 0.717) is 0 Å². The third-order valence-electron chi connectivity index (χ3n) is 2.13. The zero-order valence-electron chi connectivity index (χ0n) is 7.99. The topological polar surface area (TPSA) is 39.4 Å². The van der Waals surface area contributed by atoms with E-state index in [1.165, 1.54) is 20.0 Å². The second-order valence-corrected chi connectivity index (χ2v) is 4.39. The fourth-order valence-corrected chi connectivity index (χ4v) is 2.14. The lowest BCUT2D eigenvalue weighted by Crippen LogP contribution is -1.98. The molecule has 0 bridgehead atoms. The Kier molecular flexibility index (Phi) is 2.82. The van der Waals surface area contributed by atoms with Gasteiger partial charge in [-0.05, 0) is 30.9 Å². The molecule has 0 amide bonds. The van der Waals surface area contributed by atoms with Crippen LogP contribution in [0.4, 0.5) is 0 Å². The molecule has 1 heterocycles. The van der Waals surface area contributed by atoms with Gasteiger partial charge in [-0.1, -0.05) is 11.8 Å². The first kappa shape index (κ1) is 9.65. The lowest BCUT2D eigenvalue weighted by molar-refractivity contribution is 0.0559. The van der Waals surface area contributed by atoms with Gasteiger partial charge in [-0.3, -0.25) is 0 Å². The number of carbonyl (C=O) groups is 1. The Bertz CT molecular complexity index is 328. The van der Waals surface area contributed by atoms with Crippen LogP contribution in [0.25, 0.3) is 0 Å². The lowest BCUT2D eigenvalue weighted by Gasteiger charge is -1.95. The predicted molar refractivity (Wildman–Crippen MR) is 53.5 cm³/mol. The summed E-state index contributed by atoms with van der Waals surface area (Å²) >= 11 is 1.67. The summed E-state index contributed by atoms with van der Waals surface area (Å²) in [5.41, 5.74) is 0.